The van der Waals surface area contributed by atoms with Gasteiger partial charge in [0, 0.05) is 11.1 Å². The molecule has 156 valence electrons. The van der Waals surface area contributed by atoms with Crippen LogP contribution in [0.3, 0.4) is 0 Å². The Hall–Kier alpha value is -3.91. The van der Waals surface area contributed by atoms with Crippen LogP contribution >= 0.6 is 0 Å². The molecule has 1 amide bonds. The number of anilines is 1. The highest BCUT2D eigenvalue weighted by Gasteiger charge is 2.16. The molecule has 0 saturated carbocycles. The van der Waals surface area contributed by atoms with Crippen molar-refractivity contribution < 1.29 is 17.6 Å². The minimum absolute atomic E-state index is 0.0536. The number of hydrogen-bond acceptors (Lipinski definition) is 5. The number of aryl methyl sites for hydroxylation is 1. The lowest BCUT2D eigenvalue weighted by atomic mass is 10.1. The predicted molar refractivity (Wildman–Crippen MR) is 118 cm³/mol. The van der Waals surface area contributed by atoms with E-state index in [4.69, 9.17) is 4.42 Å². The zero-order valence-electron chi connectivity index (χ0n) is 16.6. The van der Waals surface area contributed by atoms with Gasteiger partial charge in [0.15, 0.2) is 0 Å². The Morgan fingerprint density at radius 2 is 1.58 bits per heavy atom. The molecule has 7 nitrogen and oxygen atoms in total. The minimum Gasteiger partial charge on any atom is -0.436 e. The van der Waals surface area contributed by atoms with Gasteiger partial charge in [0.25, 0.3) is 15.9 Å². The zero-order chi connectivity index (χ0) is 21.8. The van der Waals surface area contributed by atoms with Crippen molar-refractivity contribution in [2.75, 3.05) is 5.32 Å². The third kappa shape index (κ3) is 4.65. The molecule has 8 heteroatoms. The molecule has 0 radical (unpaired) electrons. The normalized spacial score (nSPS) is 12.0. The molecule has 4 rings (SSSR count). The largest absolute Gasteiger partial charge is 0.436 e. The summed E-state index contributed by atoms with van der Waals surface area (Å²) in [6.07, 6.45) is 0. The Morgan fingerprint density at radius 3 is 2.32 bits per heavy atom. The fourth-order valence-corrected chi connectivity index (χ4v) is 3.71. The number of carbonyl (C=O) groups excluding carboxylic acids is 1. The molecular formula is C23H19N3O4S. The van der Waals surface area contributed by atoms with Crippen molar-refractivity contribution in [2.24, 2.45) is 5.10 Å². The lowest BCUT2D eigenvalue weighted by Gasteiger charge is -2.07. The van der Waals surface area contributed by atoms with Gasteiger partial charge in [-0.05, 0) is 43.3 Å². The number of para-hydroxylation sites is 2. The number of sulfonamides is 1. The van der Waals surface area contributed by atoms with Crippen molar-refractivity contribution in [3.8, 4) is 0 Å². The molecule has 2 N–H and O–H groups in total. The Morgan fingerprint density at radius 1 is 0.903 bits per heavy atom. The van der Waals surface area contributed by atoms with Crippen LogP contribution < -0.4 is 15.7 Å². The Balaban J connectivity index is 1.75. The molecular weight excluding hydrogens is 414 g/mol. The number of rotatable bonds is 5. The second kappa shape index (κ2) is 8.45. The molecule has 4 aromatic rings. The lowest BCUT2D eigenvalue weighted by Crippen LogP contribution is -2.27. The molecule has 31 heavy (non-hydrogen) atoms. The van der Waals surface area contributed by atoms with Crippen molar-refractivity contribution in [1.82, 2.24) is 4.83 Å². The molecule has 0 aliphatic carbocycles. The maximum Gasteiger partial charge on any atom is 0.276 e. The van der Waals surface area contributed by atoms with Gasteiger partial charge in [-0.1, -0.05) is 54.1 Å². The number of nitrogens with one attached hydrogen (secondary N) is 2. The van der Waals surface area contributed by atoms with Gasteiger partial charge in [0.2, 0.25) is 5.55 Å². The van der Waals surface area contributed by atoms with Gasteiger partial charge in [-0.25, -0.2) is 0 Å². The number of carbonyl (C=O) groups is 1. The number of amides is 1. The van der Waals surface area contributed by atoms with Crippen LogP contribution in [-0.2, 0) is 10.0 Å². The first-order valence-corrected chi connectivity index (χ1v) is 10.9. The van der Waals surface area contributed by atoms with Gasteiger partial charge < -0.3 is 9.73 Å². The molecule has 0 aliphatic rings. The molecule has 0 saturated heterocycles. The van der Waals surface area contributed by atoms with E-state index in [1.165, 1.54) is 12.1 Å². The molecule has 1 aromatic heterocycles. The van der Waals surface area contributed by atoms with Crippen molar-refractivity contribution in [3.63, 3.8) is 0 Å². The summed E-state index contributed by atoms with van der Waals surface area (Å²) in [5, 5.41) is 7.37. The maximum atomic E-state index is 12.9. The van der Waals surface area contributed by atoms with Gasteiger partial charge in [0.05, 0.1) is 4.90 Å². The van der Waals surface area contributed by atoms with Crippen molar-refractivity contribution in [2.45, 2.75) is 11.8 Å². The Bertz CT molecular complexity index is 1410. The van der Waals surface area contributed by atoms with Crippen LogP contribution in [0.15, 0.2) is 99.3 Å². The van der Waals surface area contributed by atoms with E-state index in [-0.39, 0.29) is 16.0 Å². The summed E-state index contributed by atoms with van der Waals surface area (Å²) >= 11 is 0. The summed E-state index contributed by atoms with van der Waals surface area (Å²) < 4.78 is 31.0. The number of benzene rings is 3. The summed E-state index contributed by atoms with van der Waals surface area (Å²) in [7, 11) is -3.94. The summed E-state index contributed by atoms with van der Waals surface area (Å²) in [5.74, 6) is -0.478. The van der Waals surface area contributed by atoms with E-state index in [1.807, 2.05) is 19.1 Å². The molecule has 0 bridgehead atoms. The van der Waals surface area contributed by atoms with Gasteiger partial charge in [-0.2, -0.15) is 13.2 Å². The lowest BCUT2D eigenvalue weighted by molar-refractivity contribution is 0.102. The van der Waals surface area contributed by atoms with E-state index in [2.05, 4.69) is 15.2 Å². The van der Waals surface area contributed by atoms with Crippen LogP contribution in [-0.4, -0.2) is 14.3 Å². The molecule has 0 spiro atoms. The first-order chi connectivity index (χ1) is 14.9. The molecule has 0 aliphatic heterocycles. The fourth-order valence-electron chi connectivity index (χ4n) is 2.91. The molecule has 0 atom stereocenters. The molecule has 0 unspecified atom stereocenters. The van der Waals surface area contributed by atoms with Gasteiger partial charge >= 0.3 is 0 Å². The maximum absolute atomic E-state index is 12.9. The highest BCUT2D eigenvalue weighted by molar-refractivity contribution is 7.89. The van der Waals surface area contributed by atoms with Crippen molar-refractivity contribution in [3.05, 3.63) is 102 Å². The SMILES string of the molecule is Cc1ccc(S(=O)(=O)NN=c2oc3ccccc3cc2C(=O)Nc2ccccc2)cc1. The summed E-state index contributed by atoms with van der Waals surface area (Å²) in [6.45, 7) is 1.86. The number of fused-ring (bicyclic) bond motifs is 1. The highest BCUT2D eigenvalue weighted by atomic mass is 32.2. The van der Waals surface area contributed by atoms with Crippen LogP contribution in [0.4, 0.5) is 5.69 Å². The minimum atomic E-state index is -3.94. The second-order valence-corrected chi connectivity index (χ2v) is 8.50. The topological polar surface area (TPSA) is 101 Å². The van der Waals surface area contributed by atoms with Crippen LogP contribution in [0, 0.1) is 6.92 Å². The van der Waals surface area contributed by atoms with E-state index >= 15 is 0 Å². The van der Waals surface area contributed by atoms with Crippen LogP contribution in [0.2, 0.25) is 0 Å². The van der Waals surface area contributed by atoms with Gasteiger partial charge in [-0.15, -0.1) is 5.10 Å². The van der Waals surface area contributed by atoms with Crippen LogP contribution in [0.5, 0.6) is 0 Å². The third-order valence-corrected chi connectivity index (χ3v) is 5.76. The average molecular weight is 433 g/mol. The van der Waals surface area contributed by atoms with E-state index < -0.39 is 15.9 Å². The predicted octanol–water partition coefficient (Wildman–Crippen LogP) is 3.79. The molecule has 1 heterocycles. The van der Waals surface area contributed by atoms with E-state index in [0.29, 0.717) is 16.7 Å². The number of hydrogen-bond donors (Lipinski definition) is 2. The summed E-state index contributed by atoms with van der Waals surface area (Å²) in [5.41, 5.74) is 1.93. The van der Waals surface area contributed by atoms with Crippen molar-refractivity contribution >= 4 is 32.6 Å². The Kier molecular flexibility index (Phi) is 5.55. The molecule has 0 fully saturated rings. The smallest absolute Gasteiger partial charge is 0.276 e. The highest BCUT2D eigenvalue weighted by Crippen LogP contribution is 2.15. The van der Waals surface area contributed by atoms with Gasteiger partial charge in [0.1, 0.15) is 11.1 Å². The van der Waals surface area contributed by atoms with Gasteiger partial charge in [-0.3, -0.25) is 4.79 Å². The first-order valence-electron chi connectivity index (χ1n) is 9.44. The first kappa shape index (κ1) is 20.4. The second-order valence-electron chi connectivity index (χ2n) is 6.84. The van der Waals surface area contributed by atoms with Crippen LogP contribution in [0.25, 0.3) is 11.0 Å². The van der Waals surface area contributed by atoms with Crippen molar-refractivity contribution in [1.29, 1.82) is 0 Å². The van der Waals surface area contributed by atoms with E-state index in [9.17, 15) is 13.2 Å². The quantitative estimate of drug-likeness (QED) is 0.468. The monoisotopic (exact) mass is 433 g/mol. The third-order valence-electron chi connectivity index (χ3n) is 4.53. The zero-order valence-corrected chi connectivity index (χ0v) is 17.4. The van der Waals surface area contributed by atoms with E-state index in [1.54, 1.807) is 60.7 Å². The van der Waals surface area contributed by atoms with E-state index in [0.717, 1.165) is 5.56 Å². The van der Waals surface area contributed by atoms with Crippen LogP contribution in [0.1, 0.15) is 15.9 Å². The fraction of sp³-hybridized carbons (Fsp3) is 0.0435. The standard InChI is InChI=1S/C23H19N3O4S/c1-16-11-13-19(14-12-16)31(28,29)26-25-23-20(15-17-7-5-6-10-21(17)30-23)22(27)24-18-8-3-2-4-9-18/h2-15,26H,1H3,(H,24,27). The molecule has 3 aromatic carbocycles. The number of nitrogens with zero attached hydrogens (tertiary/aromatic N) is 1. The Labute approximate surface area is 179 Å². The summed E-state index contributed by atoms with van der Waals surface area (Å²) in [4.78, 5) is 15.1. The summed E-state index contributed by atoms with van der Waals surface area (Å²) in [6, 6.07) is 23.9. The average Bonchev–Trinajstić information content (AvgIpc) is 2.78.